The molecule has 4 aromatic rings. The van der Waals surface area contributed by atoms with E-state index >= 15 is 0 Å². The Bertz CT molecular complexity index is 1100. The molecule has 1 aliphatic heterocycles. The monoisotopic (exact) mass is 361 g/mol. The molecule has 2 aromatic carbocycles. The van der Waals surface area contributed by atoms with E-state index in [0.29, 0.717) is 17.1 Å². The maximum atomic E-state index is 4.82. The van der Waals surface area contributed by atoms with Crippen molar-refractivity contribution < 1.29 is 4.63 Å². The first-order valence-corrected chi connectivity index (χ1v) is 8.96. The Morgan fingerprint density at radius 3 is 2.48 bits per heavy atom. The molecule has 1 saturated heterocycles. The summed E-state index contributed by atoms with van der Waals surface area (Å²) < 4.78 is 4.82. The summed E-state index contributed by atoms with van der Waals surface area (Å²) in [4.78, 5) is 13.8. The van der Waals surface area contributed by atoms with Crippen molar-refractivity contribution in [3.8, 4) is 0 Å². The van der Waals surface area contributed by atoms with Crippen LogP contribution in [0.25, 0.3) is 22.1 Å². The zero-order valence-electron chi connectivity index (χ0n) is 15.0. The Balaban J connectivity index is 1.59. The molecule has 0 spiro atoms. The lowest BCUT2D eigenvalue weighted by Crippen LogP contribution is -2.45. The van der Waals surface area contributed by atoms with Crippen LogP contribution in [0.4, 0.5) is 17.3 Å². The molecule has 1 aliphatic rings. The van der Waals surface area contributed by atoms with Gasteiger partial charge in [0.1, 0.15) is 0 Å². The lowest BCUT2D eigenvalue weighted by Gasteiger charge is -2.33. The fourth-order valence-corrected chi connectivity index (χ4v) is 3.41. The number of likely N-dealkylation sites (N-methyl/N-ethyl adjacent to an activating group) is 1. The molecule has 136 valence electrons. The van der Waals surface area contributed by atoms with E-state index in [4.69, 9.17) is 4.63 Å². The molecule has 0 atom stereocenters. The van der Waals surface area contributed by atoms with Crippen LogP contribution >= 0.6 is 0 Å². The topological polar surface area (TPSA) is 83.2 Å². The molecule has 0 radical (unpaired) electrons. The molecule has 0 unspecified atom stereocenters. The van der Waals surface area contributed by atoms with Crippen molar-refractivity contribution in [2.45, 2.75) is 0 Å². The van der Waals surface area contributed by atoms with Crippen LogP contribution in [0.2, 0.25) is 0 Å². The van der Waals surface area contributed by atoms with E-state index in [9.17, 15) is 0 Å². The van der Waals surface area contributed by atoms with E-state index < -0.39 is 0 Å². The predicted molar refractivity (Wildman–Crippen MR) is 104 cm³/mol. The highest BCUT2D eigenvalue weighted by molar-refractivity contribution is 5.96. The number of nitrogens with one attached hydrogen (secondary N) is 1. The lowest BCUT2D eigenvalue weighted by atomic mass is 10.1. The first-order valence-electron chi connectivity index (χ1n) is 8.96. The van der Waals surface area contributed by atoms with E-state index in [-0.39, 0.29) is 0 Å². The molecule has 1 fully saturated rings. The summed E-state index contributed by atoms with van der Waals surface area (Å²) in [5.41, 5.74) is 1.80. The molecule has 0 aliphatic carbocycles. The number of benzene rings is 2. The van der Waals surface area contributed by atoms with Gasteiger partial charge in [-0.3, -0.25) is 0 Å². The maximum absolute atomic E-state index is 4.82. The molecular formula is C19H19N7O. The van der Waals surface area contributed by atoms with Gasteiger partial charge in [0.05, 0.1) is 0 Å². The summed E-state index contributed by atoms with van der Waals surface area (Å²) >= 11 is 0. The quantitative estimate of drug-likeness (QED) is 0.596. The highest BCUT2D eigenvalue weighted by atomic mass is 16.6. The molecule has 3 heterocycles. The van der Waals surface area contributed by atoms with Crippen molar-refractivity contribution in [2.75, 3.05) is 43.4 Å². The summed E-state index contributed by atoms with van der Waals surface area (Å²) in [6.45, 7) is 3.72. The van der Waals surface area contributed by atoms with Crippen LogP contribution in [0.5, 0.6) is 0 Å². The zero-order chi connectivity index (χ0) is 18.2. The van der Waals surface area contributed by atoms with E-state index in [1.54, 1.807) is 0 Å². The fraction of sp³-hybridized carbons (Fsp3) is 0.263. The van der Waals surface area contributed by atoms with Gasteiger partial charge in [0.2, 0.25) is 11.3 Å². The molecule has 0 bridgehead atoms. The molecule has 2 aromatic heterocycles. The van der Waals surface area contributed by atoms with Crippen LogP contribution in [0.3, 0.4) is 0 Å². The second-order valence-electron chi connectivity index (χ2n) is 6.75. The minimum absolute atomic E-state index is 0.399. The fourth-order valence-electron chi connectivity index (χ4n) is 3.41. The lowest BCUT2D eigenvalue weighted by molar-refractivity contribution is 0.311. The molecule has 8 nitrogen and oxygen atoms in total. The van der Waals surface area contributed by atoms with Crippen LogP contribution in [0.1, 0.15) is 0 Å². The SMILES string of the molecule is CN1CCN(c2nc3nonc3nc2Nc2cccc3ccccc23)CC1. The third-order valence-corrected chi connectivity index (χ3v) is 4.94. The Labute approximate surface area is 155 Å². The minimum atomic E-state index is 0.399. The van der Waals surface area contributed by atoms with Crippen molar-refractivity contribution >= 4 is 39.4 Å². The van der Waals surface area contributed by atoms with Crippen LogP contribution in [0.15, 0.2) is 47.1 Å². The van der Waals surface area contributed by atoms with Gasteiger partial charge in [-0.05, 0) is 28.8 Å². The molecule has 0 saturated carbocycles. The first kappa shape index (κ1) is 16.0. The highest BCUT2D eigenvalue weighted by Crippen LogP contribution is 2.31. The Hall–Kier alpha value is -3.26. The number of fused-ring (bicyclic) bond motifs is 2. The third-order valence-electron chi connectivity index (χ3n) is 4.94. The van der Waals surface area contributed by atoms with E-state index in [0.717, 1.165) is 43.1 Å². The van der Waals surface area contributed by atoms with Crippen molar-refractivity contribution in [1.29, 1.82) is 0 Å². The molecule has 5 rings (SSSR count). The number of piperazine rings is 1. The van der Waals surface area contributed by atoms with Crippen molar-refractivity contribution in [3.63, 3.8) is 0 Å². The normalized spacial score (nSPS) is 15.5. The second-order valence-corrected chi connectivity index (χ2v) is 6.75. The highest BCUT2D eigenvalue weighted by Gasteiger charge is 2.22. The van der Waals surface area contributed by atoms with Crippen LogP contribution in [0, 0.1) is 0 Å². The van der Waals surface area contributed by atoms with Gasteiger partial charge in [-0.25, -0.2) is 14.6 Å². The van der Waals surface area contributed by atoms with E-state index in [1.165, 1.54) is 5.39 Å². The molecule has 8 heteroatoms. The van der Waals surface area contributed by atoms with Crippen LogP contribution in [-0.4, -0.2) is 58.4 Å². The number of aromatic nitrogens is 4. The number of nitrogens with zero attached hydrogens (tertiary/aromatic N) is 6. The van der Waals surface area contributed by atoms with Crippen molar-refractivity contribution in [1.82, 2.24) is 25.2 Å². The zero-order valence-corrected chi connectivity index (χ0v) is 15.0. The third kappa shape index (κ3) is 2.93. The van der Waals surface area contributed by atoms with E-state index in [1.807, 2.05) is 24.3 Å². The standard InChI is InChI=1S/C19H19N7O/c1-25-9-11-26(12-10-25)19-18(21-16-17(22-19)24-27-23-16)20-15-8-4-6-13-5-2-3-7-14(13)15/h2-8H,9-12H2,1H3,(H,20,21,23). The number of rotatable bonds is 3. The van der Waals surface area contributed by atoms with Gasteiger partial charge in [-0.1, -0.05) is 36.4 Å². The van der Waals surface area contributed by atoms with Crippen LogP contribution in [-0.2, 0) is 0 Å². The second kappa shape index (κ2) is 6.48. The summed E-state index contributed by atoms with van der Waals surface area (Å²) in [6.07, 6.45) is 0. The van der Waals surface area contributed by atoms with E-state index in [2.05, 4.69) is 60.6 Å². The van der Waals surface area contributed by atoms with Gasteiger partial charge in [0.25, 0.3) is 0 Å². The average Bonchev–Trinajstić information content (AvgIpc) is 3.16. The van der Waals surface area contributed by atoms with Gasteiger partial charge < -0.3 is 15.1 Å². The number of hydrogen-bond donors (Lipinski definition) is 1. The number of hydrogen-bond acceptors (Lipinski definition) is 8. The molecule has 1 N–H and O–H groups in total. The Morgan fingerprint density at radius 1 is 0.889 bits per heavy atom. The largest absolute Gasteiger partial charge is 0.351 e. The van der Waals surface area contributed by atoms with Gasteiger partial charge >= 0.3 is 0 Å². The Morgan fingerprint density at radius 2 is 1.63 bits per heavy atom. The van der Waals surface area contributed by atoms with Crippen molar-refractivity contribution in [3.05, 3.63) is 42.5 Å². The average molecular weight is 361 g/mol. The smallest absolute Gasteiger partial charge is 0.245 e. The maximum Gasteiger partial charge on any atom is 0.245 e. The van der Waals surface area contributed by atoms with Gasteiger partial charge in [0, 0.05) is 37.3 Å². The molecular weight excluding hydrogens is 342 g/mol. The summed E-state index contributed by atoms with van der Waals surface area (Å²) in [7, 11) is 2.13. The summed E-state index contributed by atoms with van der Waals surface area (Å²) in [5.74, 6) is 1.44. The van der Waals surface area contributed by atoms with Crippen molar-refractivity contribution in [2.24, 2.45) is 0 Å². The Kier molecular flexibility index (Phi) is 3.83. The minimum Gasteiger partial charge on any atom is -0.351 e. The van der Waals surface area contributed by atoms with Gasteiger partial charge in [-0.2, -0.15) is 0 Å². The first-order chi connectivity index (χ1) is 13.3. The van der Waals surface area contributed by atoms with Gasteiger partial charge in [0.15, 0.2) is 11.6 Å². The molecule has 27 heavy (non-hydrogen) atoms. The summed E-state index contributed by atoms with van der Waals surface area (Å²) in [6, 6.07) is 14.4. The predicted octanol–water partition coefficient (Wildman–Crippen LogP) is 2.66. The van der Waals surface area contributed by atoms with Gasteiger partial charge in [-0.15, -0.1) is 0 Å². The summed E-state index contributed by atoms with van der Waals surface area (Å²) in [5, 5.41) is 13.5. The van der Waals surface area contributed by atoms with Crippen LogP contribution < -0.4 is 10.2 Å². The number of anilines is 3. The molecule has 0 amide bonds.